The summed E-state index contributed by atoms with van der Waals surface area (Å²) in [5.74, 6) is 2.39. The van der Waals surface area contributed by atoms with Gasteiger partial charge in [0.15, 0.2) is 17.5 Å². The van der Waals surface area contributed by atoms with Crippen LogP contribution in [0.5, 0.6) is 11.5 Å². The Hall–Kier alpha value is -1.55. The van der Waals surface area contributed by atoms with Gasteiger partial charge >= 0.3 is 0 Å². The molecule has 0 aliphatic carbocycles. The van der Waals surface area contributed by atoms with Gasteiger partial charge in [0.1, 0.15) is 0 Å². The number of rotatable bonds is 10. The average Bonchev–Trinajstić information content (AvgIpc) is 3.02. The lowest BCUT2D eigenvalue weighted by atomic mass is 10.1. The molecule has 0 aliphatic heterocycles. The molecule has 1 heterocycles. The summed E-state index contributed by atoms with van der Waals surface area (Å²) in [4.78, 5) is 10.6. The number of aliphatic imine (C=N–C) groups is 1. The molecule has 29 heavy (non-hydrogen) atoms. The average molecular weight is 532 g/mol. The summed E-state index contributed by atoms with van der Waals surface area (Å²) in [6, 6.07) is 6.06. The molecule has 0 saturated heterocycles. The lowest BCUT2D eigenvalue weighted by Gasteiger charge is -2.11. The van der Waals surface area contributed by atoms with Crippen LogP contribution >= 0.6 is 35.3 Å². The largest absolute Gasteiger partial charge is 0.493 e. The fraction of sp³-hybridized carbons (Fsp3) is 0.524. The highest BCUT2D eigenvalue weighted by molar-refractivity contribution is 14.0. The molecule has 0 aliphatic rings. The number of guanidine groups is 1. The van der Waals surface area contributed by atoms with Gasteiger partial charge in [-0.1, -0.05) is 6.07 Å². The molecule has 0 unspecified atom stereocenters. The van der Waals surface area contributed by atoms with Crippen LogP contribution in [0, 0.1) is 13.8 Å². The zero-order valence-corrected chi connectivity index (χ0v) is 21.1. The van der Waals surface area contributed by atoms with Crippen molar-refractivity contribution >= 4 is 41.3 Å². The van der Waals surface area contributed by atoms with Gasteiger partial charge in [0, 0.05) is 30.9 Å². The molecule has 2 aromatic rings. The van der Waals surface area contributed by atoms with Gasteiger partial charge in [-0.25, -0.2) is 4.98 Å². The van der Waals surface area contributed by atoms with Crippen LogP contribution in [0.4, 0.5) is 0 Å². The van der Waals surface area contributed by atoms with E-state index in [0.717, 1.165) is 62.0 Å². The Morgan fingerprint density at radius 2 is 1.86 bits per heavy atom. The van der Waals surface area contributed by atoms with Gasteiger partial charge < -0.3 is 20.1 Å². The number of hydrogen-bond acceptors (Lipinski definition) is 5. The normalized spacial score (nSPS) is 11.0. The molecule has 0 bridgehead atoms. The first-order valence-corrected chi connectivity index (χ1v) is 10.5. The van der Waals surface area contributed by atoms with E-state index in [1.807, 2.05) is 12.1 Å². The van der Waals surface area contributed by atoms with Crippen LogP contribution < -0.4 is 20.1 Å². The molecule has 0 fully saturated rings. The first-order valence-electron chi connectivity index (χ1n) is 9.73. The van der Waals surface area contributed by atoms with Crippen molar-refractivity contribution in [3.05, 3.63) is 39.3 Å². The molecule has 2 rings (SSSR count). The summed E-state index contributed by atoms with van der Waals surface area (Å²) >= 11 is 1.77. The number of nitrogens with one attached hydrogen (secondary N) is 2. The van der Waals surface area contributed by atoms with Crippen LogP contribution in [0.25, 0.3) is 0 Å². The van der Waals surface area contributed by atoms with Crippen LogP contribution in [-0.2, 0) is 12.8 Å². The van der Waals surface area contributed by atoms with E-state index >= 15 is 0 Å². The van der Waals surface area contributed by atoms with Gasteiger partial charge in [-0.3, -0.25) is 4.99 Å². The minimum atomic E-state index is 0. The highest BCUT2D eigenvalue weighted by Gasteiger charge is 2.05. The maximum absolute atomic E-state index is 5.37. The molecule has 162 valence electrons. The number of ether oxygens (including phenoxy) is 2. The highest BCUT2D eigenvalue weighted by Crippen LogP contribution is 2.27. The molecular weight excluding hydrogens is 499 g/mol. The SMILES string of the molecule is CCNC(=NCCCc1ccc(OC)c(OC)c1)NCCc1nc(C)c(C)s1.I. The Labute approximate surface area is 195 Å². The predicted molar refractivity (Wildman–Crippen MR) is 133 cm³/mol. The summed E-state index contributed by atoms with van der Waals surface area (Å²) in [6.07, 6.45) is 2.83. The van der Waals surface area contributed by atoms with Gasteiger partial charge in [-0.05, 0) is 51.3 Å². The molecule has 6 nitrogen and oxygen atoms in total. The van der Waals surface area contributed by atoms with E-state index in [4.69, 9.17) is 9.47 Å². The number of nitrogens with zero attached hydrogens (tertiary/aromatic N) is 2. The third kappa shape index (κ3) is 8.38. The third-order valence-corrected chi connectivity index (χ3v) is 5.52. The molecule has 0 amide bonds. The molecule has 0 saturated carbocycles. The van der Waals surface area contributed by atoms with Crippen LogP contribution in [0.15, 0.2) is 23.2 Å². The van der Waals surface area contributed by atoms with Gasteiger partial charge in [-0.15, -0.1) is 35.3 Å². The van der Waals surface area contributed by atoms with E-state index in [-0.39, 0.29) is 24.0 Å². The second kappa shape index (κ2) is 13.6. The van der Waals surface area contributed by atoms with E-state index in [9.17, 15) is 0 Å². The Kier molecular flexibility index (Phi) is 12.0. The fourth-order valence-corrected chi connectivity index (χ4v) is 3.72. The summed E-state index contributed by atoms with van der Waals surface area (Å²) in [7, 11) is 3.31. The lowest BCUT2D eigenvalue weighted by molar-refractivity contribution is 0.354. The van der Waals surface area contributed by atoms with E-state index in [1.165, 1.54) is 15.4 Å². The van der Waals surface area contributed by atoms with Crippen molar-refractivity contribution in [2.24, 2.45) is 4.99 Å². The maximum atomic E-state index is 5.37. The summed E-state index contributed by atoms with van der Waals surface area (Å²) in [5, 5.41) is 7.87. The number of thiazole rings is 1. The fourth-order valence-electron chi connectivity index (χ4n) is 2.79. The minimum Gasteiger partial charge on any atom is -0.493 e. The molecule has 0 radical (unpaired) electrons. The summed E-state index contributed by atoms with van der Waals surface area (Å²) in [6.45, 7) is 8.69. The van der Waals surface area contributed by atoms with Crippen molar-refractivity contribution in [1.29, 1.82) is 0 Å². The number of methoxy groups -OCH3 is 2. The number of halogens is 1. The Morgan fingerprint density at radius 1 is 1.10 bits per heavy atom. The van der Waals surface area contributed by atoms with Crippen molar-refractivity contribution in [2.45, 2.75) is 40.0 Å². The summed E-state index contributed by atoms with van der Waals surface area (Å²) in [5.41, 5.74) is 2.36. The van der Waals surface area contributed by atoms with Gasteiger partial charge in [-0.2, -0.15) is 0 Å². The number of aromatic nitrogens is 1. The van der Waals surface area contributed by atoms with E-state index < -0.39 is 0 Å². The molecular formula is C21H33IN4O2S. The zero-order valence-electron chi connectivity index (χ0n) is 18.0. The van der Waals surface area contributed by atoms with Gasteiger partial charge in [0.05, 0.1) is 24.9 Å². The zero-order chi connectivity index (χ0) is 20.4. The second-order valence-corrected chi connectivity index (χ2v) is 7.77. The summed E-state index contributed by atoms with van der Waals surface area (Å²) < 4.78 is 10.7. The standard InChI is InChI=1S/C21H32N4O2S.HI/c1-6-22-21(24-13-11-20-25-15(2)16(3)28-20)23-12-7-8-17-9-10-18(26-4)19(14-17)27-5;/h9-10,14H,6-8,11-13H2,1-5H3,(H2,22,23,24);1H. The van der Waals surface area contributed by atoms with Crippen LogP contribution in [0.1, 0.15) is 34.5 Å². The monoisotopic (exact) mass is 532 g/mol. The predicted octanol–water partition coefficient (Wildman–Crippen LogP) is 4.13. The molecule has 1 aromatic carbocycles. The molecule has 2 N–H and O–H groups in total. The topological polar surface area (TPSA) is 67.8 Å². The quantitative estimate of drug-likeness (QED) is 0.209. The number of benzene rings is 1. The van der Waals surface area contributed by atoms with Crippen molar-refractivity contribution in [3.63, 3.8) is 0 Å². The van der Waals surface area contributed by atoms with Crippen molar-refractivity contribution in [3.8, 4) is 11.5 Å². The van der Waals surface area contributed by atoms with Crippen LogP contribution in [0.2, 0.25) is 0 Å². The second-order valence-electron chi connectivity index (χ2n) is 6.48. The first-order chi connectivity index (χ1) is 13.6. The lowest BCUT2D eigenvalue weighted by Crippen LogP contribution is -2.38. The number of hydrogen-bond donors (Lipinski definition) is 2. The Bertz CT molecular complexity index is 761. The minimum absolute atomic E-state index is 0. The van der Waals surface area contributed by atoms with Crippen molar-refractivity contribution in [2.75, 3.05) is 33.9 Å². The molecule has 8 heteroatoms. The molecule has 1 aromatic heterocycles. The number of aryl methyl sites for hydroxylation is 3. The van der Waals surface area contributed by atoms with Gasteiger partial charge in [0.25, 0.3) is 0 Å². The maximum Gasteiger partial charge on any atom is 0.191 e. The van der Waals surface area contributed by atoms with E-state index in [1.54, 1.807) is 25.6 Å². The van der Waals surface area contributed by atoms with Crippen LogP contribution in [0.3, 0.4) is 0 Å². The van der Waals surface area contributed by atoms with E-state index in [2.05, 4.69) is 47.4 Å². The van der Waals surface area contributed by atoms with E-state index in [0.29, 0.717) is 0 Å². The molecule has 0 spiro atoms. The van der Waals surface area contributed by atoms with Crippen molar-refractivity contribution < 1.29 is 9.47 Å². The highest BCUT2D eigenvalue weighted by atomic mass is 127. The third-order valence-electron chi connectivity index (χ3n) is 4.39. The van der Waals surface area contributed by atoms with Gasteiger partial charge in [0.2, 0.25) is 0 Å². The van der Waals surface area contributed by atoms with Crippen molar-refractivity contribution in [1.82, 2.24) is 15.6 Å². The Balaban J connectivity index is 0.00000420. The smallest absolute Gasteiger partial charge is 0.191 e. The Morgan fingerprint density at radius 3 is 2.48 bits per heavy atom. The van der Waals surface area contributed by atoms with Crippen LogP contribution in [-0.4, -0.2) is 44.8 Å². The first kappa shape index (κ1) is 25.5. The molecule has 0 atom stereocenters.